The molecule has 0 unspecified atom stereocenters. The molecular weight excluding hydrogens is 453 g/mol. The number of rotatable bonds is 5. The van der Waals surface area contributed by atoms with E-state index < -0.39 is 23.7 Å². The maximum Gasteiger partial charge on any atom is 0.299 e. The summed E-state index contributed by atoms with van der Waals surface area (Å²) in [6.45, 7) is 2.07. The third kappa shape index (κ3) is 4.67. The molecular formula is C24H22FN7O3. The smallest absolute Gasteiger partial charge is 0.299 e. The molecule has 1 aliphatic heterocycles. The number of nitrogen functional groups attached to an aromatic ring is 1. The molecule has 10 nitrogen and oxygen atoms in total. The fraction of sp³-hybridized carbons (Fsp3) is 0.208. The Balaban J connectivity index is 1.64. The van der Waals surface area contributed by atoms with Crippen LogP contribution in [-0.4, -0.2) is 43.8 Å². The number of anilines is 1. The molecule has 11 heteroatoms. The van der Waals surface area contributed by atoms with E-state index in [1.807, 2.05) is 0 Å². The van der Waals surface area contributed by atoms with Crippen molar-refractivity contribution >= 4 is 23.5 Å². The number of benzene rings is 1. The molecule has 1 fully saturated rings. The third-order valence-electron chi connectivity index (χ3n) is 5.60. The van der Waals surface area contributed by atoms with Crippen molar-refractivity contribution in [1.82, 2.24) is 19.5 Å². The molecule has 1 saturated heterocycles. The first-order chi connectivity index (χ1) is 16.8. The number of hydrogen-bond acceptors (Lipinski definition) is 6. The predicted molar refractivity (Wildman–Crippen MR) is 126 cm³/mol. The number of nitrogens with one attached hydrogen (secondary N) is 1. The lowest BCUT2D eigenvalue weighted by Gasteiger charge is -2.21. The summed E-state index contributed by atoms with van der Waals surface area (Å²) < 4.78 is 14.5. The van der Waals surface area contributed by atoms with E-state index in [-0.39, 0.29) is 28.7 Å². The highest BCUT2D eigenvalue weighted by molar-refractivity contribution is 6.04. The second-order valence-electron chi connectivity index (χ2n) is 7.82. The van der Waals surface area contributed by atoms with Gasteiger partial charge in [-0.2, -0.15) is 0 Å². The van der Waals surface area contributed by atoms with Gasteiger partial charge in [0.05, 0.1) is 6.04 Å². The van der Waals surface area contributed by atoms with E-state index >= 15 is 0 Å². The molecule has 0 aliphatic carbocycles. The zero-order valence-electron chi connectivity index (χ0n) is 18.8. The van der Waals surface area contributed by atoms with E-state index in [1.165, 1.54) is 24.4 Å². The molecule has 3 heterocycles. The number of nitrogens with zero attached hydrogens (tertiary/aromatic N) is 4. The van der Waals surface area contributed by atoms with Gasteiger partial charge in [0.1, 0.15) is 17.3 Å². The number of primary amides is 1. The van der Waals surface area contributed by atoms with Crippen LogP contribution in [0.4, 0.5) is 10.2 Å². The normalized spacial score (nSPS) is 14.8. The summed E-state index contributed by atoms with van der Waals surface area (Å²) in [6, 6.07) is 8.04. The summed E-state index contributed by atoms with van der Waals surface area (Å²) in [7, 11) is 0. The average molecular weight is 475 g/mol. The van der Waals surface area contributed by atoms with Crippen molar-refractivity contribution in [3.05, 3.63) is 65.5 Å². The summed E-state index contributed by atoms with van der Waals surface area (Å²) in [5.74, 6) is 9.57. The molecule has 5 N–H and O–H groups in total. The van der Waals surface area contributed by atoms with Gasteiger partial charge < -0.3 is 21.8 Å². The number of nitrogens with two attached hydrogens (primary N) is 2. The Morgan fingerprint density at radius 2 is 1.94 bits per heavy atom. The number of likely N-dealkylation sites (tertiary alicyclic amines) is 1. The van der Waals surface area contributed by atoms with Crippen LogP contribution in [0.25, 0.3) is 11.3 Å². The van der Waals surface area contributed by atoms with Crippen molar-refractivity contribution in [2.24, 2.45) is 5.73 Å². The standard InChI is InChI=1S/C24H22FN7O3/c1-2-4-19(33)31-12-3-5-17(31)23-30-20(21(22(26)34)32(23)27)14-6-8-15(9-7-14)24(35)29-18-13-16(25)10-11-28-18/h6-11,13,17H,3,5,12,27H2,1H3,(H2,26,34)(H,28,29,35)/t17-/m0/s1. The largest absolute Gasteiger partial charge is 0.364 e. The van der Waals surface area contributed by atoms with Crippen molar-refractivity contribution in [3.63, 3.8) is 0 Å². The van der Waals surface area contributed by atoms with Crippen LogP contribution in [0.15, 0.2) is 42.6 Å². The Hall–Kier alpha value is -4.72. The van der Waals surface area contributed by atoms with Gasteiger partial charge in [-0.05, 0) is 43.9 Å². The lowest BCUT2D eigenvalue weighted by molar-refractivity contribution is -0.126. The van der Waals surface area contributed by atoms with Gasteiger partial charge in [0.25, 0.3) is 17.7 Å². The van der Waals surface area contributed by atoms with Crippen molar-refractivity contribution in [1.29, 1.82) is 0 Å². The summed E-state index contributed by atoms with van der Waals surface area (Å²) in [6.07, 6.45) is 2.59. The molecule has 3 amide bonds. The van der Waals surface area contributed by atoms with E-state index in [2.05, 4.69) is 27.1 Å². The molecule has 0 saturated carbocycles. The minimum Gasteiger partial charge on any atom is -0.364 e. The SMILES string of the molecule is CC#CC(=O)N1CCC[C@H]1c1nc(-c2ccc(C(=O)Nc3cc(F)ccn3)cc2)c(C(N)=O)n1N. The predicted octanol–water partition coefficient (Wildman–Crippen LogP) is 1.84. The van der Waals surface area contributed by atoms with Crippen LogP contribution in [0.1, 0.15) is 52.5 Å². The van der Waals surface area contributed by atoms with Crippen LogP contribution >= 0.6 is 0 Å². The van der Waals surface area contributed by atoms with Crippen molar-refractivity contribution in [2.75, 3.05) is 17.7 Å². The number of halogens is 1. The van der Waals surface area contributed by atoms with E-state index in [9.17, 15) is 18.8 Å². The number of amides is 3. The first-order valence-electron chi connectivity index (χ1n) is 10.7. The fourth-order valence-electron chi connectivity index (χ4n) is 4.02. The van der Waals surface area contributed by atoms with Gasteiger partial charge in [-0.3, -0.25) is 14.4 Å². The first-order valence-corrected chi connectivity index (χ1v) is 10.7. The second-order valence-corrected chi connectivity index (χ2v) is 7.82. The summed E-state index contributed by atoms with van der Waals surface area (Å²) >= 11 is 0. The number of imidazole rings is 1. The number of aromatic nitrogens is 3. The topological polar surface area (TPSA) is 149 Å². The van der Waals surface area contributed by atoms with Crippen LogP contribution in [0.3, 0.4) is 0 Å². The van der Waals surface area contributed by atoms with E-state index in [1.54, 1.807) is 24.0 Å². The van der Waals surface area contributed by atoms with Gasteiger partial charge >= 0.3 is 0 Å². The minimum atomic E-state index is -0.788. The van der Waals surface area contributed by atoms with E-state index in [0.29, 0.717) is 24.4 Å². The molecule has 0 bridgehead atoms. The molecule has 0 radical (unpaired) electrons. The van der Waals surface area contributed by atoms with Crippen LogP contribution in [0.5, 0.6) is 0 Å². The highest BCUT2D eigenvalue weighted by Crippen LogP contribution is 2.34. The Kier molecular flexibility index (Phi) is 6.46. The second kappa shape index (κ2) is 9.64. The minimum absolute atomic E-state index is 0.0259. The highest BCUT2D eigenvalue weighted by atomic mass is 19.1. The zero-order chi connectivity index (χ0) is 25.1. The Labute approximate surface area is 200 Å². The van der Waals surface area contributed by atoms with E-state index in [0.717, 1.165) is 17.2 Å². The highest BCUT2D eigenvalue weighted by Gasteiger charge is 2.35. The van der Waals surface area contributed by atoms with Crippen LogP contribution in [0.2, 0.25) is 0 Å². The zero-order valence-corrected chi connectivity index (χ0v) is 18.8. The molecule has 178 valence electrons. The number of pyridine rings is 1. The quantitative estimate of drug-likeness (QED) is 0.379. The first kappa shape index (κ1) is 23.4. The Morgan fingerprint density at radius 3 is 2.60 bits per heavy atom. The van der Waals surface area contributed by atoms with Crippen molar-refractivity contribution < 1.29 is 18.8 Å². The molecule has 1 atom stereocenters. The third-order valence-corrected chi connectivity index (χ3v) is 5.60. The number of hydrogen-bond donors (Lipinski definition) is 3. The number of carbonyl (C=O) groups excluding carboxylic acids is 3. The molecule has 1 aromatic carbocycles. The van der Waals surface area contributed by atoms with Gasteiger partial charge in [-0.15, -0.1) is 0 Å². The van der Waals surface area contributed by atoms with Crippen molar-refractivity contribution in [2.45, 2.75) is 25.8 Å². The Morgan fingerprint density at radius 1 is 1.20 bits per heavy atom. The van der Waals surface area contributed by atoms with Crippen LogP contribution in [0, 0.1) is 17.7 Å². The Bertz CT molecular complexity index is 1370. The van der Waals surface area contributed by atoms with Gasteiger partial charge in [0.2, 0.25) is 0 Å². The fourth-order valence-corrected chi connectivity index (χ4v) is 4.02. The molecule has 35 heavy (non-hydrogen) atoms. The van der Waals surface area contributed by atoms with Crippen molar-refractivity contribution in [3.8, 4) is 23.1 Å². The molecule has 0 spiro atoms. The molecule has 2 aromatic heterocycles. The monoisotopic (exact) mass is 475 g/mol. The van der Waals surface area contributed by atoms with Gasteiger partial charge in [0.15, 0.2) is 11.5 Å². The van der Waals surface area contributed by atoms with Crippen LogP contribution in [-0.2, 0) is 4.79 Å². The van der Waals surface area contributed by atoms with Gasteiger partial charge in [0, 0.05) is 29.9 Å². The lowest BCUT2D eigenvalue weighted by Crippen LogP contribution is -2.33. The van der Waals surface area contributed by atoms with Crippen LogP contribution < -0.4 is 16.9 Å². The summed E-state index contributed by atoms with van der Waals surface area (Å²) in [5, 5.41) is 2.51. The molecule has 3 aromatic rings. The van der Waals surface area contributed by atoms with Gasteiger partial charge in [-0.1, -0.05) is 18.1 Å². The van der Waals surface area contributed by atoms with E-state index in [4.69, 9.17) is 11.6 Å². The molecule has 1 aliphatic rings. The number of carbonyl (C=O) groups is 3. The molecule has 4 rings (SSSR count). The summed E-state index contributed by atoms with van der Waals surface area (Å²) in [4.78, 5) is 47.2. The summed E-state index contributed by atoms with van der Waals surface area (Å²) in [5.41, 5.74) is 6.57. The lowest BCUT2D eigenvalue weighted by atomic mass is 10.1. The maximum absolute atomic E-state index is 13.3. The average Bonchev–Trinajstić information content (AvgIpc) is 3.44. The maximum atomic E-state index is 13.3. The van der Waals surface area contributed by atoms with Gasteiger partial charge in [-0.25, -0.2) is 19.0 Å².